The van der Waals surface area contributed by atoms with Gasteiger partial charge in [-0.05, 0) is 19.4 Å². The largest absolute Gasteiger partial charge is 0.337 e. The Morgan fingerprint density at radius 3 is 2.71 bits per heavy atom. The zero-order valence-corrected chi connectivity index (χ0v) is 11.5. The highest BCUT2D eigenvalue weighted by Crippen LogP contribution is 2.15. The average Bonchev–Trinajstić information content (AvgIpc) is 2.63. The lowest BCUT2D eigenvalue weighted by Crippen LogP contribution is -2.26. The summed E-state index contributed by atoms with van der Waals surface area (Å²) < 4.78 is 24.3. The first kappa shape index (κ1) is 14.2. The van der Waals surface area contributed by atoms with E-state index in [4.69, 9.17) is 0 Å². The third kappa shape index (κ3) is 4.87. The molecule has 0 aromatic carbocycles. The zero-order chi connectivity index (χ0) is 12.9. The van der Waals surface area contributed by atoms with Crippen molar-refractivity contribution in [2.24, 2.45) is 7.05 Å². The Kier molecular flexibility index (Phi) is 5.14. The second-order valence-electron chi connectivity index (χ2n) is 4.32. The molecule has 17 heavy (non-hydrogen) atoms. The molecule has 1 aromatic heterocycles. The molecule has 1 aromatic rings. The number of nitrogens with zero attached hydrogens (tertiary/aromatic N) is 2. The fraction of sp³-hybridized carbons (Fsp3) is 0.727. The second-order valence-corrected chi connectivity index (χ2v) is 6.58. The molecule has 0 fully saturated rings. The van der Waals surface area contributed by atoms with Crippen LogP contribution in [0, 0.1) is 0 Å². The monoisotopic (exact) mass is 259 g/mol. The van der Waals surface area contributed by atoms with Crippen molar-refractivity contribution in [2.45, 2.75) is 25.8 Å². The lowest BCUT2D eigenvalue weighted by molar-refractivity contribution is 0.479. The van der Waals surface area contributed by atoms with Crippen molar-refractivity contribution >= 4 is 9.84 Å². The normalized spacial score (nSPS) is 13.8. The van der Waals surface area contributed by atoms with Crippen LogP contribution < -0.4 is 5.32 Å². The van der Waals surface area contributed by atoms with Gasteiger partial charge in [0.1, 0.15) is 15.7 Å². The van der Waals surface area contributed by atoms with E-state index in [2.05, 4.69) is 17.2 Å². The van der Waals surface area contributed by atoms with Gasteiger partial charge in [-0.15, -0.1) is 0 Å². The van der Waals surface area contributed by atoms with Crippen LogP contribution in [-0.4, -0.2) is 36.5 Å². The van der Waals surface area contributed by atoms with E-state index in [9.17, 15) is 8.42 Å². The van der Waals surface area contributed by atoms with Crippen LogP contribution in [0.25, 0.3) is 0 Å². The Morgan fingerprint density at radius 2 is 2.24 bits per heavy atom. The quantitative estimate of drug-likeness (QED) is 0.790. The lowest BCUT2D eigenvalue weighted by Gasteiger charge is -2.17. The highest BCUT2D eigenvalue weighted by molar-refractivity contribution is 7.90. The van der Waals surface area contributed by atoms with Gasteiger partial charge in [-0.25, -0.2) is 13.4 Å². The molecule has 0 radical (unpaired) electrons. The first-order chi connectivity index (χ1) is 7.94. The van der Waals surface area contributed by atoms with Crippen LogP contribution in [0.4, 0.5) is 0 Å². The van der Waals surface area contributed by atoms with E-state index in [1.54, 1.807) is 6.20 Å². The van der Waals surface area contributed by atoms with Gasteiger partial charge >= 0.3 is 0 Å². The van der Waals surface area contributed by atoms with Gasteiger partial charge in [0.15, 0.2) is 0 Å². The van der Waals surface area contributed by atoms with E-state index in [0.29, 0.717) is 6.42 Å². The van der Waals surface area contributed by atoms with Crippen molar-refractivity contribution in [3.8, 4) is 0 Å². The Hall–Kier alpha value is -0.880. The second kappa shape index (κ2) is 6.16. The minimum absolute atomic E-state index is 0.00433. The number of sulfone groups is 1. The van der Waals surface area contributed by atoms with Crippen LogP contribution in [0.2, 0.25) is 0 Å². The lowest BCUT2D eigenvalue weighted by atomic mass is 10.2. The molecule has 1 N–H and O–H groups in total. The highest BCUT2D eigenvalue weighted by Gasteiger charge is 2.17. The maximum atomic E-state index is 11.2. The van der Waals surface area contributed by atoms with E-state index in [1.807, 2.05) is 17.8 Å². The summed E-state index contributed by atoms with van der Waals surface area (Å²) in [5, 5.41) is 3.34. The smallest absolute Gasteiger partial charge is 0.147 e. The first-order valence-corrected chi connectivity index (χ1v) is 7.88. The maximum absolute atomic E-state index is 11.2. The van der Waals surface area contributed by atoms with Gasteiger partial charge in [-0.3, -0.25) is 0 Å². The molecule has 0 aliphatic rings. The topological polar surface area (TPSA) is 64.0 Å². The summed E-state index contributed by atoms with van der Waals surface area (Å²) in [4.78, 5) is 4.28. The standard InChI is InChI=1S/C11H21N3O2S/c1-4-6-12-10(5-9-17(3,15)16)11-13-7-8-14(11)2/h7-8,10,12H,4-6,9H2,1-3H3. The van der Waals surface area contributed by atoms with E-state index in [0.717, 1.165) is 18.8 Å². The van der Waals surface area contributed by atoms with E-state index < -0.39 is 9.84 Å². The number of imidazole rings is 1. The van der Waals surface area contributed by atoms with Gasteiger partial charge in [0.25, 0.3) is 0 Å². The van der Waals surface area contributed by atoms with Crippen LogP contribution in [0.15, 0.2) is 12.4 Å². The van der Waals surface area contributed by atoms with Gasteiger partial charge in [0.05, 0.1) is 11.8 Å². The third-order valence-electron chi connectivity index (χ3n) is 2.59. The van der Waals surface area contributed by atoms with Crippen molar-refractivity contribution in [1.29, 1.82) is 0 Å². The molecule has 1 rings (SSSR count). The summed E-state index contributed by atoms with van der Waals surface area (Å²) >= 11 is 0. The Labute approximate surface area is 103 Å². The van der Waals surface area contributed by atoms with Crippen molar-refractivity contribution in [1.82, 2.24) is 14.9 Å². The summed E-state index contributed by atoms with van der Waals surface area (Å²) in [5.41, 5.74) is 0. The highest BCUT2D eigenvalue weighted by atomic mass is 32.2. The van der Waals surface area contributed by atoms with E-state index in [-0.39, 0.29) is 11.8 Å². The molecular weight excluding hydrogens is 238 g/mol. The fourth-order valence-corrected chi connectivity index (χ4v) is 2.35. The van der Waals surface area contributed by atoms with Crippen LogP contribution in [0.5, 0.6) is 0 Å². The minimum atomic E-state index is -2.93. The molecule has 0 bridgehead atoms. The van der Waals surface area contributed by atoms with Crippen LogP contribution in [-0.2, 0) is 16.9 Å². The van der Waals surface area contributed by atoms with Crippen LogP contribution >= 0.6 is 0 Å². The number of nitrogens with one attached hydrogen (secondary N) is 1. The minimum Gasteiger partial charge on any atom is -0.337 e. The number of aromatic nitrogens is 2. The van der Waals surface area contributed by atoms with Crippen molar-refractivity contribution < 1.29 is 8.42 Å². The predicted octanol–water partition coefficient (Wildman–Crippen LogP) is 0.895. The van der Waals surface area contributed by atoms with Crippen LogP contribution in [0.1, 0.15) is 31.6 Å². The number of hydrogen-bond acceptors (Lipinski definition) is 4. The van der Waals surface area contributed by atoms with Gasteiger partial charge in [0, 0.05) is 25.7 Å². The molecule has 1 heterocycles. The van der Waals surface area contributed by atoms with Crippen LogP contribution in [0.3, 0.4) is 0 Å². The van der Waals surface area contributed by atoms with Gasteiger partial charge in [-0.2, -0.15) is 0 Å². The molecule has 6 heteroatoms. The van der Waals surface area contributed by atoms with Gasteiger partial charge < -0.3 is 9.88 Å². The molecule has 0 aliphatic carbocycles. The third-order valence-corrected chi connectivity index (χ3v) is 3.57. The number of hydrogen-bond donors (Lipinski definition) is 1. The maximum Gasteiger partial charge on any atom is 0.147 e. The molecule has 98 valence electrons. The molecule has 0 saturated carbocycles. The molecule has 1 atom stereocenters. The van der Waals surface area contributed by atoms with E-state index in [1.165, 1.54) is 6.26 Å². The fourth-order valence-electron chi connectivity index (χ4n) is 1.69. The first-order valence-electron chi connectivity index (χ1n) is 5.82. The Morgan fingerprint density at radius 1 is 1.53 bits per heavy atom. The molecular formula is C11H21N3O2S. The molecule has 0 aliphatic heterocycles. The Bertz CT molecular complexity index is 439. The van der Waals surface area contributed by atoms with E-state index >= 15 is 0 Å². The zero-order valence-electron chi connectivity index (χ0n) is 10.7. The van der Waals surface area contributed by atoms with Crippen molar-refractivity contribution in [3.05, 3.63) is 18.2 Å². The number of rotatable bonds is 7. The van der Waals surface area contributed by atoms with Crippen molar-refractivity contribution in [2.75, 3.05) is 18.6 Å². The molecule has 0 spiro atoms. The summed E-state index contributed by atoms with van der Waals surface area (Å²) in [6.45, 7) is 2.94. The Balaban J connectivity index is 2.71. The summed E-state index contributed by atoms with van der Waals surface area (Å²) in [5.74, 6) is 1.07. The molecule has 0 saturated heterocycles. The number of aryl methyl sites for hydroxylation is 1. The average molecular weight is 259 g/mol. The summed E-state index contributed by atoms with van der Waals surface area (Å²) in [6, 6.07) is 0.00433. The van der Waals surface area contributed by atoms with Gasteiger partial charge in [0.2, 0.25) is 0 Å². The molecule has 0 amide bonds. The molecule has 5 nitrogen and oxygen atoms in total. The predicted molar refractivity (Wildman–Crippen MR) is 68.6 cm³/mol. The summed E-state index contributed by atoms with van der Waals surface area (Å²) in [6.07, 6.45) is 6.44. The van der Waals surface area contributed by atoms with Gasteiger partial charge in [-0.1, -0.05) is 6.92 Å². The van der Waals surface area contributed by atoms with Crippen molar-refractivity contribution in [3.63, 3.8) is 0 Å². The SMILES string of the molecule is CCCNC(CCS(C)(=O)=O)c1nccn1C. The molecule has 1 unspecified atom stereocenters. The summed E-state index contributed by atoms with van der Waals surface area (Å²) in [7, 11) is -1.01.